The maximum atomic E-state index is 6.43. The molecule has 3 heterocycles. The molecule has 0 saturated heterocycles. The van der Waals surface area contributed by atoms with Gasteiger partial charge in [-0.3, -0.25) is 5.10 Å². The van der Waals surface area contributed by atoms with Gasteiger partial charge in [0.15, 0.2) is 4.77 Å². The third-order valence-electron chi connectivity index (χ3n) is 5.76. The van der Waals surface area contributed by atoms with Gasteiger partial charge in [0.1, 0.15) is 11.4 Å². The number of aromatic amines is 2. The summed E-state index contributed by atoms with van der Waals surface area (Å²) < 4.78 is 9.05. The van der Waals surface area contributed by atoms with Gasteiger partial charge in [0.25, 0.3) is 0 Å². The Morgan fingerprint density at radius 1 is 1.41 bits per heavy atom. The number of aromatic nitrogens is 4. The molecule has 5 nitrogen and oxygen atoms in total. The van der Waals surface area contributed by atoms with Crippen molar-refractivity contribution in [2.24, 2.45) is 0 Å². The first-order chi connectivity index (χ1) is 13.1. The lowest BCUT2D eigenvalue weighted by molar-refractivity contribution is -0.0674. The van der Waals surface area contributed by atoms with Gasteiger partial charge >= 0.3 is 0 Å². The van der Waals surface area contributed by atoms with Crippen LogP contribution in [0.4, 0.5) is 0 Å². The van der Waals surface area contributed by atoms with Crippen molar-refractivity contribution in [3.63, 3.8) is 0 Å². The van der Waals surface area contributed by atoms with Crippen LogP contribution in [0.3, 0.4) is 0 Å². The summed E-state index contributed by atoms with van der Waals surface area (Å²) in [5.74, 6) is 0.906. The van der Waals surface area contributed by atoms with Gasteiger partial charge in [-0.15, -0.1) is 6.58 Å². The second-order valence-electron chi connectivity index (χ2n) is 7.14. The predicted octanol–water partition coefficient (Wildman–Crippen LogP) is 4.59. The molecule has 0 aliphatic carbocycles. The fourth-order valence-electron chi connectivity index (χ4n) is 4.30. The van der Waals surface area contributed by atoms with Crippen LogP contribution in [-0.2, 0) is 36.1 Å². The van der Waals surface area contributed by atoms with Gasteiger partial charge in [-0.1, -0.05) is 38.1 Å². The third kappa shape index (κ3) is 2.87. The summed E-state index contributed by atoms with van der Waals surface area (Å²) >= 11 is 5.39. The molecule has 1 aromatic carbocycles. The number of ether oxygens (including phenoxy) is 1. The fourth-order valence-corrected chi connectivity index (χ4v) is 4.53. The Bertz CT molecular complexity index is 1040. The molecule has 1 atom stereocenters. The highest BCUT2D eigenvalue weighted by Gasteiger charge is 2.40. The summed E-state index contributed by atoms with van der Waals surface area (Å²) in [4.78, 5) is 3.74. The molecule has 6 heteroatoms. The first-order valence-electron chi connectivity index (χ1n) is 9.65. The van der Waals surface area contributed by atoms with Crippen molar-refractivity contribution in [1.82, 2.24) is 19.7 Å². The minimum Gasteiger partial charge on any atom is -0.368 e. The number of aryl methyl sites for hydroxylation is 1. The van der Waals surface area contributed by atoms with Crippen molar-refractivity contribution in [1.29, 1.82) is 0 Å². The Morgan fingerprint density at radius 3 is 3.00 bits per heavy atom. The van der Waals surface area contributed by atoms with E-state index in [1.165, 1.54) is 27.7 Å². The SMILES string of the molecule is C=CCn1c(CC2(CC)OCCc3c2[nH]c2c(CC)cccc32)n[nH]c1=S. The number of H-pyrrole nitrogens is 2. The first kappa shape index (κ1) is 18.2. The molecule has 0 fully saturated rings. The van der Waals surface area contributed by atoms with Crippen LogP contribution in [0.25, 0.3) is 10.9 Å². The highest BCUT2D eigenvalue weighted by Crippen LogP contribution is 2.41. The minimum atomic E-state index is -0.419. The lowest BCUT2D eigenvalue weighted by atomic mass is 9.86. The number of nitrogens with zero attached hydrogens (tertiary/aromatic N) is 2. The molecule has 1 unspecified atom stereocenters. The van der Waals surface area contributed by atoms with Crippen LogP contribution < -0.4 is 0 Å². The highest BCUT2D eigenvalue weighted by molar-refractivity contribution is 7.71. The van der Waals surface area contributed by atoms with Gasteiger partial charge in [0, 0.05) is 23.9 Å². The second kappa shape index (κ2) is 7.09. The van der Waals surface area contributed by atoms with Gasteiger partial charge in [-0.05, 0) is 42.6 Å². The number of para-hydroxylation sites is 1. The zero-order valence-electron chi connectivity index (χ0n) is 16.0. The van der Waals surface area contributed by atoms with E-state index in [0.717, 1.165) is 31.7 Å². The van der Waals surface area contributed by atoms with E-state index in [9.17, 15) is 0 Å². The van der Waals surface area contributed by atoms with E-state index in [-0.39, 0.29) is 0 Å². The summed E-state index contributed by atoms with van der Waals surface area (Å²) in [7, 11) is 0. The minimum absolute atomic E-state index is 0.419. The molecule has 0 amide bonds. The maximum absolute atomic E-state index is 6.43. The Hall–Kier alpha value is -2.18. The molecule has 2 aromatic heterocycles. The summed E-state index contributed by atoms with van der Waals surface area (Å²) in [6.45, 7) is 9.58. The molecule has 2 N–H and O–H groups in total. The van der Waals surface area contributed by atoms with Gasteiger partial charge in [0.2, 0.25) is 0 Å². The second-order valence-corrected chi connectivity index (χ2v) is 7.53. The zero-order chi connectivity index (χ0) is 19.0. The standard InChI is InChI=1S/C21H26N4OS/c1-4-11-25-17(23-24-20(25)27)13-21(6-3)19-16(10-12-26-21)15-9-7-8-14(5-2)18(15)22-19/h4,7-9,22H,1,5-6,10-13H2,2-3H3,(H,24,27). The van der Waals surface area contributed by atoms with E-state index in [0.29, 0.717) is 17.7 Å². The van der Waals surface area contributed by atoms with Gasteiger partial charge < -0.3 is 14.3 Å². The normalized spacial score (nSPS) is 19.3. The van der Waals surface area contributed by atoms with Crippen molar-refractivity contribution in [3.05, 3.63) is 58.3 Å². The Labute approximate surface area is 164 Å². The molecule has 0 radical (unpaired) electrons. The predicted molar refractivity (Wildman–Crippen MR) is 111 cm³/mol. The fraction of sp³-hybridized carbons (Fsp3) is 0.429. The molecule has 4 rings (SSSR count). The van der Waals surface area contributed by atoms with Crippen LogP contribution in [0.1, 0.15) is 42.9 Å². The monoisotopic (exact) mass is 382 g/mol. The van der Waals surface area contributed by atoms with Gasteiger partial charge in [0.05, 0.1) is 12.3 Å². The Morgan fingerprint density at radius 2 is 2.26 bits per heavy atom. The topological polar surface area (TPSA) is 58.6 Å². The van der Waals surface area contributed by atoms with Crippen molar-refractivity contribution >= 4 is 23.1 Å². The van der Waals surface area contributed by atoms with E-state index in [1.54, 1.807) is 0 Å². The van der Waals surface area contributed by atoms with Crippen molar-refractivity contribution in [2.75, 3.05) is 6.61 Å². The number of allylic oxidation sites excluding steroid dienone is 1. The number of rotatable bonds is 6. The number of hydrogen-bond acceptors (Lipinski definition) is 3. The number of nitrogens with one attached hydrogen (secondary N) is 2. The number of fused-ring (bicyclic) bond motifs is 3. The molecule has 1 aliphatic rings. The summed E-state index contributed by atoms with van der Waals surface area (Å²) in [5, 5.41) is 8.74. The lowest BCUT2D eigenvalue weighted by Gasteiger charge is -2.36. The quantitative estimate of drug-likeness (QED) is 0.484. The summed E-state index contributed by atoms with van der Waals surface area (Å²) in [6.07, 6.45) is 5.32. The smallest absolute Gasteiger partial charge is 0.195 e. The molecule has 0 saturated carbocycles. The van der Waals surface area contributed by atoms with E-state index in [1.807, 2.05) is 10.6 Å². The van der Waals surface area contributed by atoms with Crippen molar-refractivity contribution in [3.8, 4) is 0 Å². The molecule has 1 aliphatic heterocycles. The van der Waals surface area contributed by atoms with Crippen LogP contribution in [0.15, 0.2) is 30.9 Å². The van der Waals surface area contributed by atoms with Crippen LogP contribution >= 0.6 is 12.2 Å². The number of hydrogen-bond donors (Lipinski definition) is 2. The lowest BCUT2D eigenvalue weighted by Crippen LogP contribution is -2.38. The summed E-state index contributed by atoms with van der Waals surface area (Å²) in [5.41, 5.74) is 4.76. The van der Waals surface area contributed by atoms with Crippen LogP contribution in [0.5, 0.6) is 0 Å². The van der Waals surface area contributed by atoms with Crippen molar-refractivity contribution < 1.29 is 4.74 Å². The van der Waals surface area contributed by atoms with Gasteiger partial charge in [-0.25, -0.2) is 0 Å². The van der Waals surface area contributed by atoms with E-state index < -0.39 is 5.60 Å². The molecule has 27 heavy (non-hydrogen) atoms. The third-order valence-corrected chi connectivity index (χ3v) is 6.07. The molecular weight excluding hydrogens is 356 g/mol. The van der Waals surface area contributed by atoms with Gasteiger partial charge in [-0.2, -0.15) is 5.10 Å². The maximum Gasteiger partial charge on any atom is 0.195 e. The average molecular weight is 383 g/mol. The van der Waals surface area contributed by atoms with E-state index in [2.05, 4.69) is 53.8 Å². The average Bonchev–Trinajstić information content (AvgIpc) is 3.24. The molecular formula is C21H26N4OS. The van der Waals surface area contributed by atoms with E-state index >= 15 is 0 Å². The molecule has 142 valence electrons. The number of benzene rings is 1. The van der Waals surface area contributed by atoms with Crippen LogP contribution in [0, 0.1) is 4.77 Å². The Kier molecular flexibility index (Phi) is 4.78. The van der Waals surface area contributed by atoms with Crippen molar-refractivity contribution in [2.45, 2.75) is 51.7 Å². The highest BCUT2D eigenvalue weighted by atomic mass is 32.1. The molecule has 0 spiro atoms. The molecule has 3 aromatic rings. The van der Waals surface area contributed by atoms with Crippen LogP contribution in [0.2, 0.25) is 0 Å². The largest absolute Gasteiger partial charge is 0.368 e. The first-order valence-corrected chi connectivity index (χ1v) is 10.1. The van der Waals surface area contributed by atoms with E-state index in [4.69, 9.17) is 17.0 Å². The zero-order valence-corrected chi connectivity index (χ0v) is 16.8. The Balaban J connectivity index is 1.86. The van der Waals surface area contributed by atoms with Crippen LogP contribution in [-0.4, -0.2) is 26.4 Å². The summed E-state index contributed by atoms with van der Waals surface area (Å²) in [6, 6.07) is 6.59. The molecule has 0 bridgehead atoms.